The Kier molecular flexibility index (Phi) is 3.73. The van der Waals surface area contributed by atoms with E-state index in [2.05, 4.69) is 20.9 Å². The minimum Gasteiger partial charge on any atom is -0.320 e. The standard InChI is InChI=1S/C13H11BrF2N2/c1-7-2-3-8(6-18-7)13(17)9-4-5-10(15)12(16)11(9)14/h2-6,13H,17H2,1H3. The first-order chi connectivity index (χ1) is 8.50. The van der Waals surface area contributed by atoms with Gasteiger partial charge in [-0.1, -0.05) is 12.1 Å². The predicted molar refractivity (Wildman–Crippen MR) is 69.1 cm³/mol. The van der Waals surface area contributed by atoms with Crippen LogP contribution in [0.4, 0.5) is 8.78 Å². The van der Waals surface area contributed by atoms with E-state index in [9.17, 15) is 8.78 Å². The number of nitrogens with zero attached hydrogens (tertiary/aromatic N) is 1. The van der Waals surface area contributed by atoms with Crippen LogP contribution in [0.15, 0.2) is 34.9 Å². The average molecular weight is 313 g/mol. The summed E-state index contributed by atoms with van der Waals surface area (Å²) in [6.07, 6.45) is 1.63. The lowest BCUT2D eigenvalue weighted by Gasteiger charge is -2.14. The summed E-state index contributed by atoms with van der Waals surface area (Å²) in [6.45, 7) is 1.86. The third-order valence-corrected chi connectivity index (χ3v) is 3.50. The maximum absolute atomic E-state index is 13.4. The maximum Gasteiger partial charge on any atom is 0.173 e. The lowest BCUT2D eigenvalue weighted by atomic mass is 10.0. The molecule has 0 saturated heterocycles. The highest BCUT2D eigenvalue weighted by atomic mass is 79.9. The highest BCUT2D eigenvalue weighted by Gasteiger charge is 2.17. The number of aryl methyl sites for hydroxylation is 1. The number of nitrogens with two attached hydrogens (primary N) is 1. The Morgan fingerprint density at radius 2 is 1.94 bits per heavy atom. The summed E-state index contributed by atoms with van der Waals surface area (Å²) in [5.74, 6) is -1.83. The molecule has 1 unspecified atom stereocenters. The van der Waals surface area contributed by atoms with E-state index >= 15 is 0 Å². The molecule has 0 aliphatic rings. The Labute approximate surface area is 112 Å². The summed E-state index contributed by atoms with van der Waals surface area (Å²) in [7, 11) is 0. The minimum absolute atomic E-state index is 0.0515. The van der Waals surface area contributed by atoms with Crippen molar-refractivity contribution in [2.45, 2.75) is 13.0 Å². The van der Waals surface area contributed by atoms with E-state index in [0.29, 0.717) is 5.56 Å². The molecular weight excluding hydrogens is 302 g/mol. The van der Waals surface area contributed by atoms with Gasteiger partial charge in [-0.3, -0.25) is 4.98 Å². The van der Waals surface area contributed by atoms with Gasteiger partial charge in [0.2, 0.25) is 0 Å². The van der Waals surface area contributed by atoms with Gasteiger partial charge in [0.05, 0.1) is 10.5 Å². The maximum atomic E-state index is 13.4. The summed E-state index contributed by atoms with van der Waals surface area (Å²) in [6, 6.07) is 5.62. The van der Waals surface area contributed by atoms with E-state index in [1.54, 1.807) is 6.20 Å². The van der Waals surface area contributed by atoms with Crippen molar-refractivity contribution in [3.63, 3.8) is 0 Å². The molecule has 2 aromatic rings. The molecule has 0 radical (unpaired) electrons. The second kappa shape index (κ2) is 5.12. The topological polar surface area (TPSA) is 38.9 Å². The number of pyridine rings is 1. The molecular formula is C13H11BrF2N2. The summed E-state index contributed by atoms with van der Waals surface area (Å²) < 4.78 is 26.5. The molecule has 1 aromatic carbocycles. The number of benzene rings is 1. The first-order valence-corrected chi connectivity index (χ1v) is 6.11. The number of aromatic nitrogens is 1. The van der Waals surface area contributed by atoms with Crippen molar-refractivity contribution in [2.75, 3.05) is 0 Å². The van der Waals surface area contributed by atoms with Crippen LogP contribution in [-0.2, 0) is 0 Å². The molecule has 0 amide bonds. The fourth-order valence-corrected chi connectivity index (χ4v) is 2.19. The van der Waals surface area contributed by atoms with E-state index in [1.165, 1.54) is 6.07 Å². The van der Waals surface area contributed by atoms with Crippen LogP contribution in [0.5, 0.6) is 0 Å². The molecule has 1 atom stereocenters. The summed E-state index contributed by atoms with van der Waals surface area (Å²) in [4.78, 5) is 4.13. The van der Waals surface area contributed by atoms with Gasteiger partial charge in [0.25, 0.3) is 0 Å². The third-order valence-electron chi connectivity index (χ3n) is 2.69. The SMILES string of the molecule is Cc1ccc(C(N)c2ccc(F)c(F)c2Br)cn1. The molecule has 0 spiro atoms. The van der Waals surface area contributed by atoms with E-state index in [4.69, 9.17) is 5.73 Å². The molecule has 2 nitrogen and oxygen atoms in total. The van der Waals surface area contributed by atoms with Gasteiger partial charge in [-0.25, -0.2) is 8.78 Å². The number of rotatable bonds is 2. The smallest absolute Gasteiger partial charge is 0.173 e. The van der Waals surface area contributed by atoms with Gasteiger partial charge in [-0.05, 0) is 46.1 Å². The van der Waals surface area contributed by atoms with Crippen LogP contribution < -0.4 is 5.73 Å². The Balaban J connectivity index is 2.43. The van der Waals surface area contributed by atoms with Gasteiger partial charge in [0, 0.05) is 11.9 Å². The summed E-state index contributed by atoms with van der Waals surface area (Å²) in [5.41, 5.74) is 8.13. The van der Waals surface area contributed by atoms with Gasteiger partial charge in [-0.15, -0.1) is 0 Å². The average Bonchev–Trinajstić information content (AvgIpc) is 2.36. The first-order valence-electron chi connectivity index (χ1n) is 5.32. The highest BCUT2D eigenvalue weighted by Crippen LogP contribution is 2.29. The van der Waals surface area contributed by atoms with Crippen molar-refractivity contribution in [3.05, 3.63) is 63.4 Å². The monoisotopic (exact) mass is 312 g/mol. The Bertz CT molecular complexity index is 570. The van der Waals surface area contributed by atoms with Crippen molar-refractivity contribution in [2.24, 2.45) is 5.73 Å². The van der Waals surface area contributed by atoms with E-state index in [1.807, 2.05) is 19.1 Å². The second-order valence-electron chi connectivity index (χ2n) is 3.98. The summed E-state index contributed by atoms with van der Waals surface area (Å²) >= 11 is 3.03. The summed E-state index contributed by atoms with van der Waals surface area (Å²) in [5, 5.41) is 0. The fourth-order valence-electron chi connectivity index (χ4n) is 1.62. The zero-order valence-electron chi connectivity index (χ0n) is 9.62. The van der Waals surface area contributed by atoms with Crippen LogP contribution in [0, 0.1) is 18.6 Å². The van der Waals surface area contributed by atoms with E-state index in [0.717, 1.165) is 17.3 Å². The molecule has 2 N–H and O–H groups in total. The van der Waals surface area contributed by atoms with Crippen molar-refractivity contribution < 1.29 is 8.78 Å². The zero-order valence-corrected chi connectivity index (χ0v) is 11.2. The Morgan fingerprint density at radius 1 is 1.22 bits per heavy atom. The molecule has 0 aliphatic heterocycles. The highest BCUT2D eigenvalue weighted by molar-refractivity contribution is 9.10. The molecule has 0 aliphatic carbocycles. The molecule has 18 heavy (non-hydrogen) atoms. The van der Waals surface area contributed by atoms with Gasteiger partial charge in [0.15, 0.2) is 11.6 Å². The van der Waals surface area contributed by atoms with E-state index < -0.39 is 17.7 Å². The van der Waals surface area contributed by atoms with Crippen LogP contribution in [0.25, 0.3) is 0 Å². The van der Waals surface area contributed by atoms with Gasteiger partial charge < -0.3 is 5.73 Å². The molecule has 0 bridgehead atoms. The predicted octanol–water partition coefficient (Wildman–Crippen LogP) is 3.48. The number of halogens is 3. The van der Waals surface area contributed by atoms with Crippen LogP contribution in [0.3, 0.4) is 0 Å². The molecule has 94 valence electrons. The van der Waals surface area contributed by atoms with Crippen LogP contribution in [0.2, 0.25) is 0 Å². The zero-order chi connectivity index (χ0) is 13.3. The molecule has 5 heteroatoms. The minimum atomic E-state index is -0.928. The normalized spacial score (nSPS) is 12.5. The molecule has 0 saturated carbocycles. The van der Waals surface area contributed by atoms with E-state index in [-0.39, 0.29) is 4.47 Å². The Morgan fingerprint density at radius 3 is 2.56 bits per heavy atom. The second-order valence-corrected chi connectivity index (χ2v) is 4.77. The third kappa shape index (κ3) is 2.42. The van der Waals surface area contributed by atoms with Gasteiger partial charge >= 0.3 is 0 Å². The first kappa shape index (κ1) is 13.1. The molecule has 0 fully saturated rings. The van der Waals surface area contributed by atoms with Gasteiger partial charge in [-0.2, -0.15) is 0 Å². The largest absolute Gasteiger partial charge is 0.320 e. The number of hydrogen-bond donors (Lipinski definition) is 1. The van der Waals surface area contributed by atoms with Crippen LogP contribution >= 0.6 is 15.9 Å². The molecule has 1 heterocycles. The molecule has 2 rings (SSSR count). The number of hydrogen-bond acceptors (Lipinski definition) is 2. The van der Waals surface area contributed by atoms with Crippen molar-refractivity contribution in [1.29, 1.82) is 0 Å². The lowest BCUT2D eigenvalue weighted by molar-refractivity contribution is 0.501. The van der Waals surface area contributed by atoms with Crippen LogP contribution in [-0.4, -0.2) is 4.98 Å². The molecule has 1 aromatic heterocycles. The Hall–Kier alpha value is -1.33. The fraction of sp³-hybridized carbons (Fsp3) is 0.154. The van der Waals surface area contributed by atoms with Gasteiger partial charge in [0.1, 0.15) is 0 Å². The van der Waals surface area contributed by atoms with Crippen molar-refractivity contribution >= 4 is 15.9 Å². The van der Waals surface area contributed by atoms with Crippen molar-refractivity contribution in [3.8, 4) is 0 Å². The quantitative estimate of drug-likeness (QED) is 0.862. The lowest BCUT2D eigenvalue weighted by Crippen LogP contribution is -2.13. The van der Waals surface area contributed by atoms with Crippen LogP contribution in [0.1, 0.15) is 22.9 Å². The van der Waals surface area contributed by atoms with Crippen molar-refractivity contribution in [1.82, 2.24) is 4.98 Å².